The Labute approximate surface area is 186 Å². The summed E-state index contributed by atoms with van der Waals surface area (Å²) in [4.78, 5) is 12.0. The molecule has 0 aliphatic heterocycles. The molecule has 0 fully saturated rings. The van der Waals surface area contributed by atoms with Crippen LogP contribution in [0, 0.1) is 0 Å². The zero-order valence-corrected chi connectivity index (χ0v) is 18.1. The van der Waals surface area contributed by atoms with E-state index in [9.17, 15) is 4.79 Å². The second-order valence-electron chi connectivity index (χ2n) is 7.38. The molecule has 3 aromatic rings. The molecule has 0 radical (unpaired) electrons. The van der Waals surface area contributed by atoms with Gasteiger partial charge in [-0.05, 0) is 65.9 Å². The van der Waals surface area contributed by atoms with Crippen LogP contribution in [0.5, 0.6) is 0 Å². The molecule has 154 valence electrons. The van der Waals surface area contributed by atoms with Crippen LogP contribution in [0.3, 0.4) is 0 Å². The van der Waals surface area contributed by atoms with Gasteiger partial charge in [0.15, 0.2) is 0 Å². The minimum absolute atomic E-state index is 0.356. The maximum Gasteiger partial charge on any atom is 0.339 e. The topological polar surface area (TPSA) is 50.4 Å². The number of carbonyl (C=O) groups is 1. The Bertz CT molecular complexity index is 1080. The Morgan fingerprint density at radius 1 is 1.00 bits per heavy atom. The fraction of sp³-hybridized carbons (Fsp3) is 0.208. The summed E-state index contributed by atoms with van der Waals surface area (Å²) in [5.41, 5.74) is 5.96. The quantitative estimate of drug-likeness (QED) is 0.476. The van der Waals surface area contributed by atoms with Crippen molar-refractivity contribution in [3.8, 4) is 0 Å². The lowest BCUT2D eigenvalue weighted by Gasteiger charge is -2.12. The summed E-state index contributed by atoms with van der Waals surface area (Å²) in [5, 5.41) is 8.11. The molecule has 0 heterocycles. The molecule has 0 bridgehead atoms. The van der Waals surface area contributed by atoms with Crippen molar-refractivity contribution in [2.45, 2.75) is 25.4 Å². The number of methoxy groups -OCH3 is 1. The summed E-state index contributed by atoms with van der Waals surface area (Å²) < 4.78 is 4.88. The smallest absolute Gasteiger partial charge is 0.339 e. The third kappa shape index (κ3) is 4.62. The number of benzene rings is 3. The fourth-order valence-electron chi connectivity index (χ4n) is 3.79. The highest BCUT2D eigenvalue weighted by Gasteiger charge is 2.21. The number of rotatable bonds is 6. The van der Waals surface area contributed by atoms with E-state index in [4.69, 9.17) is 27.9 Å². The van der Waals surface area contributed by atoms with Crippen molar-refractivity contribution in [3.05, 3.63) is 93.0 Å². The van der Waals surface area contributed by atoms with Crippen LogP contribution in [-0.2, 0) is 24.1 Å². The van der Waals surface area contributed by atoms with Crippen LogP contribution in [0.1, 0.15) is 27.0 Å². The van der Waals surface area contributed by atoms with Gasteiger partial charge in [0, 0.05) is 18.3 Å². The highest BCUT2D eigenvalue weighted by atomic mass is 35.5. The Hall–Kier alpha value is -2.53. The molecule has 2 N–H and O–H groups in total. The second-order valence-corrected chi connectivity index (χ2v) is 8.19. The van der Waals surface area contributed by atoms with E-state index in [1.54, 1.807) is 6.07 Å². The minimum atomic E-state index is -0.356. The molecular weight excluding hydrogens is 419 g/mol. The van der Waals surface area contributed by atoms with Crippen molar-refractivity contribution in [1.82, 2.24) is 5.32 Å². The van der Waals surface area contributed by atoms with Crippen molar-refractivity contribution in [3.63, 3.8) is 0 Å². The summed E-state index contributed by atoms with van der Waals surface area (Å²) >= 11 is 12.1. The summed E-state index contributed by atoms with van der Waals surface area (Å²) in [6, 6.07) is 19.8. The minimum Gasteiger partial charge on any atom is -0.465 e. The first kappa shape index (κ1) is 20.7. The highest BCUT2D eigenvalue weighted by molar-refractivity contribution is 6.42. The van der Waals surface area contributed by atoms with Gasteiger partial charge < -0.3 is 15.4 Å². The van der Waals surface area contributed by atoms with E-state index in [1.165, 1.54) is 18.2 Å². The summed E-state index contributed by atoms with van der Waals surface area (Å²) in [7, 11) is 1.39. The van der Waals surface area contributed by atoms with E-state index in [0.717, 1.165) is 36.3 Å². The van der Waals surface area contributed by atoms with E-state index >= 15 is 0 Å². The van der Waals surface area contributed by atoms with Crippen molar-refractivity contribution in [1.29, 1.82) is 0 Å². The van der Waals surface area contributed by atoms with E-state index in [-0.39, 0.29) is 5.97 Å². The van der Waals surface area contributed by atoms with Crippen LogP contribution in [0.4, 0.5) is 11.4 Å². The number of ether oxygens (including phenoxy) is 1. The molecule has 6 heteroatoms. The van der Waals surface area contributed by atoms with Crippen LogP contribution in [0.25, 0.3) is 0 Å². The SMILES string of the molecule is COC(=O)c1ccccc1Nc1ccc2c(c1)CC(NCc1ccc(Cl)c(Cl)c1)C2. The Morgan fingerprint density at radius 3 is 2.60 bits per heavy atom. The number of anilines is 2. The zero-order chi connectivity index (χ0) is 21.1. The molecule has 0 spiro atoms. The van der Waals surface area contributed by atoms with Crippen molar-refractivity contribution < 1.29 is 9.53 Å². The number of halogens is 2. The molecule has 3 aromatic carbocycles. The maximum atomic E-state index is 12.0. The molecule has 1 aliphatic carbocycles. The fourth-order valence-corrected chi connectivity index (χ4v) is 4.11. The van der Waals surface area contributed by atoms with E-state index in [1.807, 2.05) is 42.5 Å². The normalized spacial score (nSPS) is 15.0. The molecule has 1 atom stereocenters. The molecule has 4 rings (SSSR count). The Morgan fingerprint density at radius 2 is 1.80 bits per heavy atom. The van der Waals surface area contributed by atoms with Gasteiger partial charge in [0.2, 0.25) is 0 Å². The number of esters is 1. The van der Waals surface area contributed by atoms with Gasteiger partial charge in [0.25, 0.3) is 0 Å². The van der Waals surface area contributed by atoms with E-state index < -0.39 is 0 Å². The van der Waals surface area contributed by atoms with Crippen molar-refractivity contribution in [2.75, 3.05) is 12.4 Å². The van der Waals surface area contributed by atoms with E-state index in [0.29, 0.717) is 21.7 Å². The van der Waals surface area contributed by atoms with Gasteiger partial charge in [-0.1, -0.05) is 47.5 Å². The molecule has 0 aromatic heterocycles. The van der Waals surface area contributed by atoms with Gasteiger partial charge in [0.05, 0.1) is 28.4 Å². The monoisotopic (exact) mass is 440 g/mol. The van der Waals surface area contributed by atoms with Gasteiger partial charge >= 0.3 is 5.97 Å². The van der Waals surface area contributed by atoms with Crippen LogP contribution in [-0.4, -0.2) is 19.1 Å². The number of para-hydroxylation sites is 1. The third-order valence-corrected chi connectivity index (χ3v) is 6.07. The Balaban J connectivity index is 1.42. The number of nitrogens with one attached hydrogen (secondary N) is 2. The van der Waals surface area contributed by atoms with Crippen LogP contribution < -0.4 is 10.6 Å². The molecule has 4 nitrogen and oxygen atoms in total. The van der Waals surface area contributed by atoms with Gasteiger partial charge in [-0.3, -0.25) is 0 Å². The van der Waals surface area contributed by atoms with Gasteiger partial charge in [-0.2, -0.15) is 0 Å². The molecule has 1 aliphatic rings. The average molecular weight is 441 g/mol. The lowest BCUT2D eigenvalue weighted by Crippen LogP contribution is -2.28. The molecular formula is C24H22Cl2N2O2. The van der Waals surface area contributed by atoms with Crippen molar-refractivity contribution >= 4 is 40.5 Å². The molecule has 1 unspecified atom stereocenters. The standard InChI is InChI=1S/C24H22Cl2N2O2/c1-30-24(29)20-4-2-3-5-23(20)28-18-8-7-16-11-19(13-17(16)12-18)27-14-15-6-9-21(25)22(26)10-15/h2-10,12,19,27-28H,11,13-14H2,1H3. The number of fused-ring (bicyclic) bond motifs is 1. The van der Waals surface area contributed by atoms with Gasteiger partial charge in [-0.25, -0.2) is 4.79 Å². The molecule has 0 amide bonds. The number of carbonyl (C=O) groups excluding carboxylic acids is 1. The summed E-state index contributed by atoms with van der Waals surface area (Å²) in [5.74, 6) is -0.356. The molecule has 0 saturated carbocycles. The first-order chi connectivity index (χ1) is 14.5. The second kappa shape index (κ2) is 9.09. The van der Waals surface area contributed by atoms with Gasteiger partial charge in [0.1, 0.15) is 0 Å². The first-order valence-corrected chi connectivity index (χ1v) is 10.5. The van der Waals surface area contributed by atoms with Crippen LogP contribution in [0.15, 0.2) is 60.7 Å². The number of hydrogen-bond donors (Lipinski definition) is 2. The predicted octanol–water partition coefficient (Wildman–Crippen LogP) is 5.78. The summed E-state index contributed by atoms with van der Waals surface area (Å²) in [6.07, 6.45) is 1.93. The Kier molecular flexibility index (Phi) is 6.28. The molecule has 0 saturated heterocycles. The predicted molar refractivity (Wildman–Crippen MR) is 122 cm³/mol. The largest absolute Gasteiger partial charge is 0.465 e. The maximum absolute atomic E-state index is 12.0. The van der Waals surface area contributed by atoms with Gasteiger partial charge in [-0.15, -0.1) is 0 Å². The number of hydrogen-bond acceptors (Lipinski definition) is 4. The summed E-state index contributed by atoms with van der Waals surface area (Å²) in [6.45, 7) is 0.743. The van der Waals surface area contributed by atoms with Crippen LogP contribution in [0.2, 0.25) is 10.0 Å². The zero-order valence-electron chi connectivity index (χ0n) is 16.5. The highest BCUT2D eigenvalue weighted by Crippen LogP contribution is 2.29. The first-order valence-electron chi connectivity index (χ1n) is 9.77. The average Bonchev–Trinajstić information content (AvgIpc) is 3.16. The lowest BCUT2D eigenvalue weighted by atomic mass is 10.1. The van der Waals surface area contributed by atoms with Crippen molar-refractivity contribution in [2.24, 2.45) is 0 Å². The molecule has 30 heavy (non-hydrogen) atoms. The van der Waals surface area contributed by atoms with E-state index in [2.05, 4.69) is 22.8 Å². The lowest BCUT2D eigenvalue weighted by molar-refractivity contribution is 0.0602. The third-order valence-electron chi connectivity index (χ3n) is 5.33. The van der Waals surface area contributed by atoms with Crippen LogP contribution >= 0.6 is 23.2 Å².